The summed E-state index contributed by atoms with van der Waals surface area (Å²) in [5.74, 6) is -1.10. The van der Waals surface area contributed by atoms with Crippen molar-refractivity contribution >= 4 is 12.0 Å². The molecule has 0 aromatic rings. The molecule has 1 saturated heterocycles. The first-order valence-corrected chi connectivity index (χ1v) is 6.60. The van der Waals surface area contributed by atoms with Crippen molar-refractivity contribution in [2.24, 2.45) is 0 Å². The average Bonchev–Trinajstić information content (AvgIpc) is 2.40. The van der Waals surface area contributed by atoms with Gasteiger partial charge < -0.3 is 25.4 Å². The molecule has 1 aliphatic heterocycles. The largest absolute Gasteiger partial charge is 0.479 e. The highest BCUT2D eigenvalue weighted by Crippen LogP contribution is 2.04. The molecule has 0 aromatic heterocycles. The average molecular weight is 288 g/mol. The zero-order valence-corrected chi connectivity index (χ0v) is 12.3. The monoisotopic (exact) mass is 288 g/mol. The number of likely N-dealkylation sites (N-methyl/N-ethyl adjacent to an activating group) is 2. The SMILES string of the molecule is COC(CNC(=O)NCC1CN(C)CCN1C)C(=O)O. The number of carboxylic acid groups (broad SMARTS) is 1. The van der Waals surface area contributed by atoms with Crippen molar-refractivity contribution in [3.05, 3.63) is 0 Å². The molecule has 2 amide bonds. The van der Waals surface area contributed by atoms with E-state index in [2.05, 4.69) is 27.5 Å². The molecule has 1 rings (SSSR count). The summed E-state index contributed by atoms with van der Waals surface area (Å²) in [5, 5.41) is 14.0. The Kier molecular flexibility index (Phi) is 6.69. The van der Waals surface area contributed by atoms with E-state index in [4.69, 9.17) is 9.84 Å². The number of amides is 2. The maximum absolute atomic E-state index is 11.6. The van der Waals surface area contributed by atoms with Crippen molar-refractivity contribution in [3.63, 3.8) is 0 Å². The van der Waals surface area contributed by atoms with Gasteiger partial charge in [-0.1, -0.05) is 0 Å². The van der Waals surface area contributed by atoms with Gasteiger partial charge in [-0.2, -0.15) is 0 Å². The predicted octanol–water partition coefficient (Wildman–Crippen LogP) is -1.37. The summed E-state index contributed by atoms with van der Waals surface area (Å²) in [5.41, 5.74) is 0. The highest BCUT2D eigenvalue weighted by molar-refractivity contribution is 5.76. The zero-order chi connectivity index (χ0) is 15.1. The van der Waals surface area contributed by atoms with E-state index >= 15 is 0 Å². The van der Waals surface area contributed by atoms with E-state index < -0.39 is 12.1 Å². The maximum Gasteiger partial charge on any atom is 0.334 e. The quantitative estimate of drug-likeness (QED) is 0.558. The molecule has 8 nitrogen and oxygen atoms in total. The third kappa shape index (κ3) is 5.32. The van der Waals surface area contributed by atoms with Crippen LogP contribution in [0.15, 0.2) is 0 Å². The first kappa shape index (κ1) is 16.7. The number of nitrogens with zero attached hydrogens (tertiary/aromatic N) is 2. The number of urea groups is 1. The number of hydrogen-bond donors (Lipinski definition) is 3. The van der Waals surface area contributed by atoms with Crippen LogP contribution in [0.2, 0.25) is 0 Å². The van der Waals surface area contributed by atoms with E-state index in [1.165, 1.54) is 7.11 Å². The number of carbonyl (C=O) groups is 2. The van der Waals surface area contributed by atoms with Gasteiger partial charge in [0, 0.05) is 39.3 Å². The number of aliphatic carboxylic acids is 1. The fourth-order valence-corrected chi connectivity index (χ4v) is 2.05. The second-order valence-corrected chi connectivity index (χ2v) is 5.05. The van der Waals surface area contributed by atoms with E-state index in [0.29, 0.717) is 6.54 Å². The molecule has 1 fully saturated rings. The molecule has 0 saturated carbocycles. The number of rotatable bonds is 6. The van der Waals surface area contributed by atoms with Crippen LogP contribution in [0.1, 0.15) is 0 Å². The van der Waals surface area contributed by atoms with Crippen molar-refractivity contribution in [1.29, 1.82) is 0 Å². The Morgan fingerprint density at radius 3 is 2.65 bits per heavy atom. The van der Waals surface area contributed by atoms with Crippen LogP contribution in [0.5, 0.6) is 0 Å². The minimum atomic E-state index is -1.10. The molecule has 0 aliphatic carbocycles. The molecule has 116 valence electrons. The fourth-order valence-electron chi connectivity index (χ4n) is 2.05. The van der Waals surface area contributed by atoms with Crippen molar-refractivity contribution in [2.75, 3.05) is 53.9 Å². The lowest BCUT2D eigenvalue weighted by atomic mass is 10.2. The van der Waals surface area contributed by atoms with Crippen LogP contribution in [0, 0.1) is 0 Å². The predicted molar refractivity (Wildman–Crippen MR) is 73.7 cm³/mol. The molecule has 20 heavy (non-hydrogen) atoms. The first-order chi connectivity index (χ1) is 9.43. The molecule has 1 heterocycles. The van der Waals surface area contributed by atoms with Gasteiger partial charge >= 0.3 is 12.0 Å². The molecule has 3 N–H and O–H groups in total. The van der Waals surface area contributed by atoms with Crippen molar-refractivity contribution in [2.45, 2.75) is 12.1 Å². The summed E-state index contributed by atoms with van der Waals surface area (Å²) < 4.78 is 4.73. The second kappa shape index (κ2) is 8.03. The van der Waals surface area contributed by atoms with Crippen LogP contribution in [0.3, 0.4) is 0 Å². The summed E-state index contributed by atoms with van der Waals surface area (Å²) in [6, 6.07) is -0.118. The Bertz CT molecular complexity index is 339. The Labute approximate surface area is 119 Å². The Morgan fingerprint density at radius 1 is 1.35 bits per heavy atom. The van der Waals surface area contributed by atoms with Crippen molar-refractivity contribution in [1.82, 2.24) is 20.4 Å². The van der Waals surface area contributed by atoms with Crippen LogP contribution in [-0.2, 0) is 9.53 Å². The van der Waals surface area contributed by atoms with Gasteiger partial charge in [-0.25, -0.2) is 9.59 Å². The molecule has 2 unspecified atom stereocenters. The standard InChI is InChI=1S/C12H24N4O4/c1-15-4-5-16(2)9(8-15)6-13-12(19)14-7-10(20-3)11(17)18/h9-10H,4-8H2,1-3H3,(H,17,18)(H2,13,14,19). The van der Waals surface area contributed by atoms with Crippen LogP contribution in [0.4, 0.5) is 4.79 Å². The molecular formula is C12H24N4O4. The minimum Gasteiger partial charge on any atom is -0.479 e. The van der Waals surface area contributed by atoms with Gasteiger partial charge in [0.15, 0.2) is 6.10 Å². The summed E-state index contributed by atoms with van der Waals surface area (Å²) in [6.07, 6.45) is -1.02. The lowest BCUT2D eigenvalue weighted by molar-refractivity contribution is -0.147. The van der Waals surface area contributed by atoms with Gasteiger partial charge in [0.2, 0.25) is 0 Å². The Hall–Kier alpha value is -1.38. The summed E-state index contributed by atoms with van der Waals surface area (Å²) >= 11 is 0. The maximum atomic E-state index is 11.6. The van der Waals surface area contributed by atoms with Gasteiger partial charge in [0.25, 0.3) is 0 Å². The highest BCUT2D eigenvalue weighted by atomic mass is 16.5. The summed E-state index contributed by atoms with van der Waals surface area (Å²) in [6.45, 7) is 3.35. The molecule has 0 bridgehead atoms. The van der Waals surface area contributed by atoms with Crippen LogP contribution in [-0.4, -0.2) is 93.0 Å². The fraction of sp³-hybridized carbons (Fsp3) is 0.833. The van der Waals surface area contributed by atoms with E-state index in [-0.39, 0.29) is 18.6 Å². The summed E-state index contributed by atoms with van der Waals surface area (Å²) in [7, 11) is 5.38. The number of carboxylic acids is 1. The molecule has 2 atom stereocenters. The van der Waals surface area contributed by atoms with E-state index in [1.807, 2.05) is 7.05 Å². The van der Waals surface area contributed by atoms with Crippen LogP contribution in [0.25, 0.3) is 0 Å². The van der Waals surface area contributed by atoms with Gasteiger partial charge in [-0.05, 0) is 14.1 Å². The third-order valence-electron chi connectivity index (χ3n) is 3.49. The molecule has 8 heteroatoms. The van der Waals surface area contributed by atoms with Crippen molar-refractivity contribution < 1.29 is 19.4 Å². The van der Waals surface area contributed by atoms with E-state index in [1.54, 1.807) is 0 Å². The van der Waals surface area contributed by atoms with Crippen molar-refractivity contribution in [3.8, 4) is 0 Å². The number of nitrogens with one attached hydrogen (secondary N) is 2. The normalized spacial score (nSPS) is 22.2. The van der Waals surface area contributed by atoms with Gasteiger partial charge in [0.1, 0.15) is 0 Å². The summed E-state index contributed by atoms with van der Waals surface area (Å²) in [4.78, 5) is 26.8. The number of piperazine rings is 1. The van der Waals surface area contributed by atoms with E-state index in [0.717, 1.165) is 19.6 Å². The topological polar surface area (TPSA) is 94.1 Å². The molecular weight excluding hydrogens is 264 g/mol. The zero-order valence-electron chi connectivity index (χ0n) is 12.3. The molecule has 0 spiro atoms. The number of ether oxygens (including phenoxy) is 1. The number of carbonyl (C=O) groups excluding carboxylic acids is 1. The third-order valence-corrected chi connectivity index (χ3v) is 3.49. The number of hydrogen-bond acceptors (Lipinski definition) is 5. The number of methoxy groups -OCH3 is 1. The van der Waals surface area contributed by atoms with Crippen LogP contribution < -0.4 is 10.6 Å². The minimum absolute atomic E-state index is 0.0575. The van der Waals surface area contributed by atoms with Gasteiger partial charge in [-0.3, -0.25) is 4.90 Å². The highest BCUT2D eigenvalue weighted by Gasteiger charge is 2.23. The van der Waals surface area contributed by atoms with E-state index in [9.17, 15) is 9.59 Å². The molecule has 0 radical (unpaired) electrons. The molecule has 0 aromatic carbocycles. The van der Waals surface area contributed by atoms with Crippen LogP contribution >= 0.6 is 0 Å². The smallest absolute Gasteiger partial charge is 0.334 e. The molecule has 1 aliphatic rings. The Balaban J connectivity index is 2.27. The Morgan fingerprint density at radius 2 is 2.05 bits per heavy atom. The lowest BCUT2D eigenvalue weighted by Crippen LogP contribution is -2.55. The van der Waals surface area contributed by atoms with Gasteiger partial charge in [-0.15, -0.1) is 0 Å². The first-order valence-electron chi connectivity index (χ1n) is 6.60. The second-order valence-electron chi connectivity index (χ2n) is 5.05. The van der Waals surface area contributed by atoms with Gasteiger partial charge in [0.05, 0.1) is 6.54 Å². The lowest BCUT2D eigenvalue weighted by Gasteiger charge is -2.37.